The molecule has 4 nitrogen and oxygen atoms in total. The van der Waals surface area contributed by atoms with E-state index < -0.39 is 0 Å². The van der Waals surface area contributed by atoms with Gasteiger partial charge in [-0.1, -0.05) is 0 Å². The van der Waals surface area contributed by atoms with E-state index >= 15 is 0 Å². The Labute approximate surface area is 116 Å². The number of ether oxygens (including phenoxy) is 1. The topological polar surface area (TPSA) is 51.4 Å². The summed E-state index contributed by atoms with van der Waals surface area (Å²) in [6.45, 7) is 3.80. The Morgan fingerprint density at radius 1 is 1.42 bits per heavy atom. The van der Waals surface area contributed by atoms with Gasteiger partial charge < -0.3 is 10.5 Å². The Hall–Kier alpha value is -0.970. The largest absolute Gasteiger partial charge is 0.374 e. The SMILES string of the molecule is CC1CCC(C(CN)N(C)CCc2ccncc2)O1. The van der Waals surface area contributed by atoms with E-state index in [-0.39, 0.29) is 0 Å². The van der Waals surface area contributed by atoms with Crippen LogP contribution in [0.3, 0.4) is 0 Å². The van der Waals surface area contributed by atoms with Gasteiger partial charge in [-0.2, -0.15) is 0 Å². The van der Waals surface area contributed by atoms with Crippen LogP contribution in [-0.2, 0) is 11.2 Å². The molecule has 1 aromatic rings. The number of rotatable bonds is 6. The molecule has 1 saturated heterocycles. The fourth-order valence-electron chi connectivity index (χ4n) is 2.75. The third-order valence-corrected chi connectivity index (χ3v) is 4.00. The van der Waals surface area contributed by atoms with Crippen LogP contribution in [0.1, 0.15) is 25.3 Å². The number of hydrogen-bond acceptors (Lipinski definition) is 4. The third-order valence-electron chi connectivity index (χ3n) is 4.00. The molecule has 1 fully saturated rings. The molecule has 3 atom stereocenters. The summed E-state index contributed by atoms with van der Waals surface area (Å²) in [4.78, 5) is 6.38. The maximum Gasteiger partial charge on any atom is 0.0746 e. The summed E-state index contributed by atoms with van der Waals surface area (Å²) in [5.74, 6) is 0. The van der Waals surface area contributed by atoms with E-state index in [1.807, 2.05) is 12.4 Å². The van der Waals surface area contributed by atoms with Gasteiger partial charge in [0.1, 0.15) is 0 Å². The number of nitrogens with zero attached hydrogens (tertiary/aromatic N) is 2. The monoisotopic (exact) mass is 263 g/mol. The van der Waals surface area contributed by atoms with Crippen molar-refractivity contribution in [1.82, 2.24) is 9.88 Å². The Kier molecular flexibility index (Phi) is 5.31. The van der Waals surface area contributed by atoms with Crippen LogP contribution in [0, 0.1) is 0 Å². The van der Waals surface area contributed by atoms with Gasteiger partial charge in [0.15, 0.2) is 0 Å². The van der Waals surface area contributed by atoms with Crippen LogP contribution < -0.4 is 5.73 Å². The molecule has 2 rings (SSSR count). The molecule has 1 aliphatic rings. The summed E-state index contributed by atoms with van der Waals surface area (Å²) in [6.07, 6.45) is 7.67. The highest BCUT2D eigenvalue weighted by molar-refractivity contribution is 5.10. The Balaban J connectivity index is 1.85. The zero-order valence-corrected chi connectivity index (χ0v) is 12.0. The highest BCUT2D eigenvalue weighted by Gasteiger charge is 2.30. The van der Waals surface area contributed by atoms with E-state index in [2.05, 4.69) is 36.0 Å². The average molecular weight is 263 g/mol. The van der Waals surface area contributed by atoms with E-state index in [1.165, 1.54) is 5.56 Å². The molecule has 0 amide bonds. The van der Waals surface area contributed by atoms with Gasteiger partial charge in [0.25, 0.3) is 0 Å². The number of aromatic nitrogens is 1. The molecule has 0 saturated carbocycles. The van der Waals surface area contributed by atoms with Gasteiger partial charge in [-0.25, -0.2) is 0 Å². The minimum Gasteiger partial charge on any atom is -0.374 e. The van der Waals surface area contributed by atoms with Gasteiger partial charge in [0.2, 0.25) is 0 Å². The molecule has 0 aliphatic carbocycles. The fraction of sp³-hybridized carbons (Fsp3) is 0.667. The third kappa shape index (κ3) is 4.00. The van der Waals surface area contributed by atoms with E-state index in [9.17, 15) is 0 Å². The second-order valence-corrected chi connectivity index (χ2v) is 5.45. The number of pyridine rings is 1. The first-order valence-corrected chi connectivity index (χ1v) is 7.15. The summed E-state index contributed by atoms with van der Waals surface area (Å²) in [6, 6.07) is 4.46. The molecule has 0 spiro atoms. The lowest BCUT2D eigenvalue weighted by Crippen LogP contribution is -2.47. The van der Waals surface area contributed by atoms with Gasteiger partial charge in [-0.05, 0) is 50.9 Å². The Morgan fingerprint density at radius 3 is 2.74 bits per heavy atom. The summed E-state index contributed by atoms with van der Waals surface area (Å²) < 4.78 is 5.96. The molecule has 1 aromatic heterocycles. The molecular formula is C15H25N3O. The van der Waals surface area contributed by atoms with Crippen LogP contribution in [0.2, 0.25) is 0 Å². The number of likely N-dealkylation sites (N-methyl/N-ethyl adjacent to an activating group) is 1. The van der Waals surface area contributed by atoms with Crippen molar-refractivity contribution in [3.8, 4) is 0 Å². The second kappa shape index (κ2) is 6.98. The van der Waals surface area contributed by atoms with Crippen LogP contribution in [0.4, 0.5) is 0 Å². The van der Waals surface area contributed by atoms with E-state index in [0.717, 1.165) is 25.8 Å². The van der Waals surface area contributed by atoms with E-state index in [1.54, 1.807) is 0 Å². The molecule has 0 radical (unpaired) electrons. The lowest BCUT2D eigenvalue weighted by atomic mass is 10.1. The minimum atomic E-state index is 0.294. The lowest BCUT2D eigenvalue weighted by Gasteiger charge is -2.31. The summed E-state index contributed by atoms with van der Waals surface area (Å²) in [7, 11) is 2.14. The molecule has 0 bridgehead atoms. The van der Waals surface area contributed by atoms with Crippen molar-refractivity contribution in [2.45, 2.75) is 44.4 Å². The molecular weight excluding hydrogens is 238 g/mol. The maximum atomic E-state index is 5.96. The van der Waals surface area contributed by atoms with Crippen LogP contribution >= 0.6 is 0 Å². The van der Waals surface area contributed by atoms with E-state index in [4.69, 9.17) is 10.5 Å². The van der Waals surface area contributed by atoms with Crippen LogP contribution in [0.15, 0.2) is 24.5 Å². The molecule has 2 N–H and O–H groups in total. The van der Waals surface area contributed by atoms with Crippen molar-refractivity contribution in [1.29, 1.82) is 0 Å². The van der Waals surface area contributed by atoms with Gasteiger partial charge in [0, 0.05) is 31.5 Å². The fourth-order valence-corrected chi connectivity index (χ4v) is 2.75. The van der Waals surface area contributed by atoms with Crippen molar-refractivity contribution >= 4 is 0 Å². The quantitative estimate of drug-likeness (QED) is 0.844. The predicted octanol–water partition coefficient (Wildman–Crippen LogP) is 1.45. The van der Waals surface area contributed by atoms with Crippen molar-refractivity contribution in [2.75, 3.05) is 20.1 Å². The number of hydrogen-bond donors (Lipinski definition) is 1. The predicted molar refractivity (Wildman–Crippen MR) is 77.0 cm³/mol. The van der Waals surface area contributed by atoms with Gasteiger partial charge in [0.05, 0.1) is 12.2 Å². The second-order valence-electron chi connectivity index (χ2n) is 5.45. The standard InChI is InChI=1S/C15H25N3O/c1-12-3-4-15(19-12)14(11-16)18(2)10-7-13-5-8-17-9-6-13/h5-6,8-9,12,14-15H,3-4,7,10-11,16H2,1-2H3. The van der Waals surface area contributed by atoms with Crippen LogP contribution in [0.5, 0.6) is 0 Å². The van der Waals surface area contributed by atoms with Crippen molar-refractivity contribution in [2.24, 2.45) is 5.73 Å². The normalized spacial score (nSPS) is 24.8. The molecule has 106 valence electrons. The molecule has 3 unspecified atom stereocenters. The first-order valence-electron chi connectivity index (χ1n) is 7.15. The van der Waals surface area contributed by atoms with Gasteiger partial charge in [-0.3, -0.25) is 9.88 Å². The zero-order chi connectivity index (χ0) is 13.7. The van der Waals surface area contributed by atoms with Gasteiger partial charge >= 0.3 is 0 Å². The van der Waals surface area contributed by atoms with Crippen molar-refractivity contribution in [3.63, 3.8) is 0 Å². The minimum absolute atomic E-state index is 0.294. The highest BCUT2D eigenvalue weighted by Crippen LogP contribution is 2.23. The molecule has 19 heavy (non-hydrogen) atoms. The number of nitrogens with two attached hydrogens (primary N) is 1. The Bertz CT molecular complexity index is 371. The van der Waals surface area contributed by atoms with Crippen LogP contribution in [-0.4, -0.2) is 48.3 Å². The zero-order valence-electron chi connectivity index (χ0n) is 12.0. The average Bonchev–Trinajstić information content (AvgIpc) is 2.85. The molecule has 1 aliphatic heterocycles. The van der Waals surface area contributed by atoms with Crippen molar-refractivity contribution < 1.29 is 4.74 Å². The Morgan fingerprint density at radius 2 is 2.16 bits per heavy atom. The highest BCUT2D eigenvalue weighted by atomic mass is 16.5. The lowest BCUT2D eigenvalue weighted by molar-refractivity contribution is 0.00314. The summed E-state index contributed by atoms with van der Waals surface area (Å²) >= 11 is 0. The van der Waals surface area contributed by atoms with Gasteiger partial charge in [-0.15, -0.1) is 0 Å². The molecule has 2 heterocycles. The van der Waals surface area contributed by atoms with Crippen LogP contribution in [0.25, 0.3) is 0 Å². The molecule has 0 aromatic carbocycles. The summed E-state index contributed by atoms with van der Waals surface area (Å²) in [5.41, 5.74) is 7.25. The maximum absolute atomic E-state index is 5.96. The first kappa shape index (κ1) is 14.4. The smallest absolute Gasteiger partial charge is 0.0746 e. The molecule has 4 heteroatoms. The van der Waals surface area contributed by atoms with Crippen molar-refractivity contribution in [3.05, 3.63) is 30.1 Å². The summed E-state index contributed by atoms with van der Waals surface area (Å²) in [5, 5.41) is 0. The first-order chi connectivity index (χ1) is 9.20. The van der Waals surface area contributed by atoms with E-state index in [0.29, 0.717) is 24.8 Å².